The maximum absolute atomic E-state index is 13.1. The molecule has 7 heteroatoms. The minimum Gasteiger partial charge on any atom is -0.497 e. The minimum atomic E-state index is -3.73. The third-order valence-corrected chi connectivity index (χ3v) is 6.16. The van der Waals surface area contributed by atoms with E-state index in [4.69, 9.17) is 9.47 Å². The van der Waals surface area contributed by atoms with E-state index in [9.17, 15) is 8.42 Å². The van der Waals surface area contributed by atoms with Crippen LogP contribution in [0.1, 0.15) is 5.56 Å². The zero-order valence-electron chi connectivity index (χ0n) is 12.7. The summed E-state index contributed by atoms with van der Waals surface area (Å²) in [5.74, 6) is 0.774. The fourth-order valence-electron chi connectivity index (χ4n) is 2.69. The van der Waals surface area contributed by atoms with Gasteiger partial charge in [-0.2, -0.15) is 0 Å². The van der Waals surface area contributed by atoms with Gasteiger partial charge < -0.3 is 9.47 Å². The molecular weight excluding hydrogens is 382 g/mol. The number of ether oxygens (including phenoxy) is 2. The highest BCUT2D eigenvalue weighted by Crippen LogP contribution is 2.38. The third-order valence-electron chi connectivity index (χ3n) is 3.83. The molecule has 0 radical (unpaired) electrons. The summed E-state index contributed by atoms with van der Waals surface area (Å²) in [5, 5.41) is 0. The molecule has 122 valence electrons. The first-order valence-electron chi connectivity index (χ1n) is 7.00. The van der Waals surface area contributed by atoms with E-state index in [1.54, 1.807) is 12.1 Å². The van der Waals surface area contributed by atoms with Gasteiger partial charge in [-0.25, -0.2) is 8.42 Å². The summed E-state index contributed by atoms with van der Waals surface area (Å²) in [6.45, 7) is 0.411. The monoisotopic (exact) mass is 397 g/mol. The number of fused-ring (bicyclic) bond motifs is 1. The van der Waals surface area contributed by atoms with Crippen LogP contribution in [0.15, 0.2) is 45.8 Å². The zero-order valence-corrected chi connectivity index (χ0v) is 15.1. The van der Waals surface area contributed by atoms with Crippen molar-refractivity contribution in [2.75, 3.05) is 25.1 Å². The molecule has 0 aromatic heterocycles. The number of anilines is 1. The van der Waals surface area contributed by atoms with Crippen molar-refractivity contribution in [3.8, 4) is 11.5 Å². The fraction of sp³-hybridized carbons (Fsp3) is 0.250. The van der Waals surface area contributed by atoms with E-state index < -0.39 is 10.0 Å². The molecule has 2 aromatic rings. The molecule has 2 aromatic carbocycles. The van der Waals surface area contributed by atoms with Gasteiger partial charge in [0.25, 0.3) is 10.0 Å². The van der Waals surface area contributed by atoms with Gasteiger partial charge in [0, 0.05) is 17.1 Å². The highest BCUT2D eigenvalue weighted by atomic mass is 79.9. The molecular formula is C16H16BrNO4S. The van der Waals surface area contributed by atoms with Crippen LogP contribution < -0.4 is 13.8 Å². The van der Waals surface area contributed by atoms with Gasteiger partial charge >= 0.3 is 0 Å². The Hall–Kier alpha value is -1.73. The maximum atomic E-state index is 13.1. The largest absolute Gasteiger partial charge is 0.497 e. The van der Waals surface area contributed by atoms with Crippen LogP contribution in [-0.4, -0.2) is 29.2 Å². The quantitative estimate of drug-likeness (QED) is 0.794. The van der Waals surface area contributed by atoms with Crippen LogP contribution in [0.3, 0.4) is 0 Å². The van der Waals surface area contributed by atoms with Gasteiger partial charge in [-0.15, -0.1) is 0 Å². The van der Waals surface area contributed by atoms with Crippen molar-refractivity contribution < 1.29 is 17.9 Å². The molecule has 0 saturated heterocycles. The van der Waals surface area contributed by atoms with Crippen molar-refractivity contribution in [2.45, 2.75) is 11.3 Å². The van der Waals surface area contributed by atoms with Crippen molar-refractivity contribution in [1.82, 2.24) is 0 Å². The highest BCUT2D eigenvalue weighted by Gasteiger charge is 2.33. The number of sulfonamides is 1. The molecule has 0 amide bonds. The Morgan fingerprint density at radius 1 is 1.09 bits per heavy atom. The first-order chi connectivity index (χ1) is 11.0. The van der Waals surface area contributed by atoms with Gasteiger partial charge in [-0.3, -0.25) is 4.31 Å². The van der Waals surface area contributed by atoms with E-state index in [1.165, 1.54) is 24.6 Å². The first kappa shape index (κ1) is 16.1. The summed E-state index contributed by atoms with van der Waals surface area (Å²) in [6.07, 6.45) is 0.681. The SMILES string of the molecule is COc1ccc(OC)c(S(=O)(=O)N2CCc3cc(Br)ccc32)c1. The van der Waals surface area contributed by atoms with Gasteiger partial charge in [0.1, 0.15) is 16.4 Å². The molecule has 0 fully saturated rings. The lowest BCUT2D eigenvalue weighted by molar-refractivity contribution is 0.392. The van der Waals surface area contributed by atoms with Crippen molar-refractivity contribution in [1.29, 1.82) is 0 Å². The Labute approximate surface area is 144 Å². The van der Waals surface area contributed by atoms with E-state index in [2.05, 4.69) is 15.9 Å². The highest BCUT2D eigenvalue weighted by molar-refractivity contribution is 9.10. The molecule has 0 bridgehead atoms. The Balaban J connectivity index is 2.11. The minimum absolute atomic E-state index is 0.107. The molecule has 0 N–H and O–H groups in total. The van der Waals surface area contributed by atoms with Crippen molar-refractivity contribution in [3.63, 3.8) is 0 Å². The van der Waals surface area contributed by atoms with E-state index in [1.807, 2.05) is 18.2 Å². The zero-order chi connectivity index (χ0) is 16.6. The van der Waals surface area contributed by atoms with Crippen molar-refractivity contribution in [3.05, 3.63) is 46.4 Å². The van der Waals surface area contributed by atoms with Crippen molar-refractivity contribution in [2.24, 2.45) is 0 Å². The standard InChI is InChI=1S/C16H16BrNO4S/c1-21-13-4-6-15(22-2)16(10-13)23(19,20)18-8-7-11-9-12(17)3-5-14(11)18/h3-6,9-10H,7-8H2,1-2H3. The molecule has 0 atom stereocenters. The number of hydrogen-bond acceptors (Lipinski definition) is 4. The molecule has 3 rings (SSSR count). The summed E-state index contributed by atoms with van der Waals surface area (Å²) in [6, 6.07) is 10.4. The van der Waals surface area contributed by atoms with Crippen LogP contribution in [-0.2, 0) is 16.4 Å². The molecule has 5 nitrogen and oxygen atoms in total. The Morgan fingerprint density at radius 2 is 1.87 bits per heavy atom. The summed E-state index contributed by atoms with van der Waals surface area (Å²) in [5.41, 5.74) is 1.71. The number of halogens is 1. The van der Waals surface area contributed by atoms with E-state index in [-0.39, 0.29) is 4.90 Å². The van der Waals surface area contributed by atoms with Gasteiger partial charge in [-0.1, -0.05) is 15.9 Å². The smallest absolute Gasteiger partial charge is 0.268 e. The maximum Gasteiger partial charge on any atom is 0.268 e. The molecule has 0 aliphatic carbocycles. The number of rotatable bonds is 4. The van der Waals surface area contributed by atoms with Gasteiger partial charge in [0.15, 0.2) is 0 Å². The average molecular weight is 398 g/mol. The van der Waals surface area contributed by atoms with Crippen LogP contribution in [0.4, 0.5) is 5.69 Å². The average Bonchev–Trinajstić information content (AvgIpc) is 2.97. The summed E-state index contributed by atoms with van der Waals surface area (Å²) >= 11 is 3.42. The van der Waals surface area contributed by atoms with Crippen LogP contribution >= 0.6 is 15.9 Å². The first-order valence-corrected chi connectivity index (χ1v) is 9.24. The molecule has 23 heavy (non-hydrogen) atoms. The predicted molar refractivity (Wildman–Crippen MR) is 91.9 cm³/mol. The summed E-state index contributed by atoms with van der Waals surface area (Å²) in [7, 11) is -0.772. The number of hydrogen-bond donors (Lipinski definition) is 0. The second-order valence-corrected chi connectivity index (χ2v) is 7.86. The number of nitrogens with zero attached hydrogens (tertiary/aromatic N) is 1. The second kappa shape index (κ2) is 6.05. The third kappa shape index (κ3) is 2.79. The Morgan fingerprint density at radius 3 is 2.57 bits per heavy atom. The number of benzene rings is 2. The van der Waals surface area contributed by atoms with Crippen LogP contribution in [0.5, 0.6) is 11.5 Å². The Bertz CT molecular complexity index is 851. The molecule has 1 aliphatic rings. The molecule has 0 spiro atoms. The Kier molecular flexibility index (Phi) is 4.25. The molecule has 1 heterocycles. The lowest BCUT2D eigenvalue weighted by Crippen LogP contribution is -2.29. The molecule has 0 saturated carbocycles. The molecule has 0 unspecified atom stereocenters. The van der Waals surface area contributed by atoms with Crippen LogP contribution in [0.25, 0.3) is 0 Å². The van der Waals surface area contributed by atoms with Gasteiger partial charge in [0.05, 0.1) is 19.9 Å². The van der Waals surface area contributed by atoms with Crippen molar-refractivity contribution >= 4 is 31.6 Å². The van der Waals surface area contributed by atoms with E-state index >= 15 is 0 Å². The van der Waals surface area contributed by atoms with Gasteiger partial charge in [-0.05, 0) is 42.3 Å². The predicted octanol–water partition coefficient (Wildman–Crippen LogP) is 3.22. The normalized spacial score (nSPS) is 13.8. The van der Waals surface area contributed by atoms with E-state index in [0.717, 1.165) is 10.0 Å². The van der Waals surface area contributed by atoms with Crippen LogP contribution in [0, 0.1) is 0 Å². The summed E-state index contributed by atoms with van der Waals surface area (Å²) in [4.78, 5) is 0.107. The second-order valence-electron chi connectivity index (χ2n) is 5.12. The van der Waals surface area contributed by atoms with E-state index in [0.29, 0.717) is 30.2 Å². The topological polar surface area (TPSA) is 55.8 Å². The van der Waals surface area contributed by atoms with Gasteiger partial charge in [0.2, 0.25) is 0 Å². The number of methoxy groups -OCH3 is 2. The lowest BCUT2D eigenvalue weighted by atomic mass is 10.2. The molecule has 1 aliphatic heterocycles. The lowest BCUT2D eigenvalue weighted by Gasteiger charge is -2.21. The fourth-order valence-corrected chi connectivity index (χ4v) is 4.78. The summed E-state index contributed by atoms with van der Waals surface area (Å²) < 4.78 is 39.0. The van der Waals surface area contributed by atoms with Crippen LogP contribution in [0.2, 0.25) is 0 Å².